The van der Waals surface area contributed by atoms with E-state index in [4.69, 9.17) is 5.10 Å². The molecule has 0 aliphatic carbocycles. The second-order valence-electron chi connectivity index (χ2n) is 8.81. The largest absolute Gasteiger partial charge is 0.356 e. The average molecular weight is 405 g/mol. The van der Waals surface area contributed by atoms with E-state index in [0.29, 0.717) is 19.4 Å². The van der Waals surface area contributed by atoms with Gasteiger partial charge in [0, 0.05) is 31.1 Å². The molecule has 30 heavy (non-hydrogen) atoms. The fourth-order valence-electron chi connectivity index (χ4n) is 3.61. The molecule has 0 aliphatic heterocycles. The number of carbonyl (C=O) groups excluding carboxylic acids is 1. The van der Waals surface area contributed by atoms with Crippen LogP contribution in [0.1, 0.15) is 55.3 Å². The summed E-state index contributed by atoms with van der Waals surface area (Å²) in [5, 5.41) is 7.74. The quantitative estimate of drug-likeness (QED) is 0.632. The molecule has 2 aromatic heterocycles. The maximum absolute atomic E-state index is 12.3. The fourth-order valence-corrected chi connectivity index (χ4v) is 3.61. The normalized spacial score (nSPS) is 11.5. The molecule has 3 aromatic rings. The van der Waals surface area contributed by atoms with E-state index in [1.165, 1.54) is 11.1 Å². The van der Waals surface area contributed by atoms with E-state index in [-0.39, 0.29) is 11.3 Å². The second-order valence-corrected chi connectivity index (χ2v) is 8.81. The highest BCUT2D eigenvalue weighted by atomic mass is 16.1. The van der Waals surface area contributed by atoms with Gasteiger partial charge in [-0.05, 0) is 73.1 Å². The number of nitrogens with one attached hydrogen (secondary N) is 1. The van der Waals surface area contributed by atoms with Gasteiger partial charge >= 0.3 is 0 Å². The third-order valence-electron chi connectivity index (χ3n) is 5.51. The molecule has 0 atom stereocenters. The number of hydrogen-bond acceptors (Lipinski definition) is 3. The van der Waals surface area contributed by atoms with Gasteiger partial charge in [0.1, 0.15) is 0 Å². The average Bonchev–Trinajstić information content (AvgIpc) is 3.00. The van der Waals surface area contributed by atoms with Gasteiger partial charge in [0.25, 0.3) is 0 Å². The number of carbonyl (C=O) groups is 1. The van der Waals surface area contributed by atoms with Crippen LogP contribution in [0.4, 0.5) is 0 Å². The number of amides is 1. The Morgan fingerprint density at radius 2 is 1.67 bits per heavy atom. The molecule has 2 heterocycles. The highest BCUT2D eigenvalue weighted by Gasteiger charge is 2.16. The molecule has 1 aromatic carbocycles. The number of nitrogens with zero attached hydrogens (tertiary/aromatic N) is 3. The van der Waals surface area contributed by atoms with Gasteiger partial charge in [-0.15, -0.1) is 0 Å². The molecule has 0 unspecified atom stereocenters. The van der Waals surface area contributed by atoms with Crippen LogP contribution < -0.4 is 5.32 Å². The van der Waals surface area contributed by atoms with Crippen molar-refractivity contribution >= 4 is 5.91 Å². The fraction of sp³-hybridized carbons (Fsp3) is 0.400. The number of benzene rings is 1. The SMILES string of the molecule is Cc1nn(-c2ccc(C(C)(C)C)cc2)c(C)c1CCC(=O)NCCc1ccncc1. The van der Waals surface area contributed by atoms with Crippen molar-refractivity contribution in [3.63, 3.8) is 0 Å². The molecule has 158 valence electrons. The van der Waals surface area contributed by atoms with Gasteiger partial charge in [-0.2, -0.15) is 5.10 Å². The van der Waals surface area contributed by atoms with Gasteiger partial charge in [-0.25, -0.2) is 4.68 Å². The van der Waals surface area contributed by atoms with Crippen molar-refractivity contribution in [2.24, 2.45) is 0 Å². The van der Waals surface area contributed by atoms with E-state index in [1.807, 2.05) is 23.7 Å². The van der Waals surface area contributed by atoms with Crippen LogP contribution in [0.2, 0.25) is 0 Å². The van der Waals surface area contributed by atoms with E-state index in [9.17, 15) is 4.79 Å². The number of aromatic nitrogens is 3. The number of hydrogen-bond donors (Lipinski definition) is 1. The lowest BCUT2D eigenvalue weighted by Gasteiger charge is -2.19. The smallest absolute Gasteiger partial charge is 0.220 e. The number of aryl methyl sites for hydroxylation is 1. The molecule has 0 spiro atoms. The Kier molecular flexibility index (Phi) is 6.70. The summed E-state index contributed by atoms with van der Waals surface area (Å²) in [4.78, 5) is 16.3. The molecular formula is C25H32N4O. The molecule has 1 amide bonds. The van der Waals surface area contributed by atoms with Gasteiger partial charge in [0.05, 0.1) is 11.4 Å². The van der Waals surface area contributed by atoms with Gasteiger partial charge in [-0.1, -0.05) is 32.9 Å². The summed E-state index contributed by atoms with van der Waals surface area (Å²) in [5.74, 6) is 0.0742. The Labute approximate surface area is 179 Å². The van der Waals surface area contributed by atoms with Gasteiger partial charge in [0.2, 0.25) is 5.91 Å². The Morgan fingerprint density at radius 3 is 2.30 bits per heavy atom. The molecule has 0 saturated carbocycles. The molecule has 1 N–H and O–H groups in total. The first kappa shape index (κ1) is 21.8. The lowest BCUT2D eigenvalue weighted by molar-refractivity contribution is -0.121. The van der Waals surface area contributed by atoms with Crippen LogP contribution >= 0.6 is 0 Å². The highest BCUT2D eigenvalue weighted by molar-refractivity contribution is 5.76. The highest BCUT2D eigenvalue weighted by Crippen LogP contribution is 2.25. The summed E-state index contributed by atoms with van der Waals surface area (Å²) < 4.78 is 1.98. The monoisotopic (exact) mass is 404 g/mol. The van der Waals surface area contributed by atoms with Crippen molar-refractivity contribution < 1.29 is 4.79 Å². The number of rotatable bonds is 7. The van der Waals surface area contributed by atoms with Crippen LogP contribution in [0.15, 0.2) is 48.8 Å². The minimum absolute atomic E-state index is 0.0742. The van der Waals surface area contributed by atoms with Crippen molar-refractivity contribution in [2.75, 3.05) is 6.54 Å². The van der Waals surface area contributed by atoms with E-state index in [2.05, 4.69) is 62.3 Å². The molecule has 0 bridgehead atoms. The van der Waals surface area contributed by atoms with Crippen LogP contribution in [-0.2, 0) is 23.1 Å². The molecule has 3 rings (SSSR count). The van der Waals surface area contributed by atoms with E-state index >= 15 is 0 Å². The molecule has 0 radical (unpaired) electrons. The van der Waals surface area contributed by atoms with Crippen LogP contribution in [0.3, 0.4) is 0 Å². The van der Waals surface area contributed by atoms with Gasteiger partial charge in [-0.3, -0.25) is 9.78 Å². The van der Waals surface area contributed by atoms with Gasteiger partial charge < -0.3 is 5.32 Å². The second kappa shape index (κ2) is 9.24. The minimum Gasteiger partial charge on any atom is -0.356 e. The standard InChI is InChI=1S/C25H32N4O/c1-18-23(10-11-24(30)27-17-14-20-12-15-26-16-13-20)19(2)29(28-18)22-8-6-21(7-9-22)25(3,4)5/h6-9,12-13,15-16H,10-11,14,17H2,1-5H3,(H,27,30). The van der Waals surface area contributed by atoms with Crippen molar-refractivity contribution in [1.29, 1.82) is 0 Å². The zero-order valence-electron chi connectivity index (χ0n) is 18.7. The first-order chi connectivity index (χ1) is 14.3. The predicted molar refractivity (Wildman–Crippen MR) is 121 cm³/mol. The molecule has 5 heteroatoms. The van der Waals surface area contributed by atoms with E-state index < -0.39 is 0 Å². The lowest BCUT2D eigenvalue weighted by atomic mass is 9.87. The molecule has 0 saturated heterocycles. The topological polar surface area (TPSA) is 59.8 Å². The van der Waals surface area contributed by atoms with Crippen molar-refractivity contribution in [3.05, 3.63) is 76.9 Å². The van der Waals surface area contributed by atoms with Crippen molar-refractivity contribution in [3.8, 4) is 5.69 Å². The van der Waals surface area contributed by atoms with Crippen LogP contribution in [-0.4, -0.2) is 27.2 Å². The van der Waals surface area contributed by atoms with Gasteiger partial charge in [0.15, 0.2) is 0 Å². The zero-order chi connectivity index (χ0) is 21.7. The summed E-state index contributed by atoms with van der Waals surface area (Å²) in [5.41, 5.74) is 6.89. The Morgan fingerprint density at radius 1 is 1.00 bits per heavy atom. The summed E-state index contributed by atoms with van der Waals surface area (Å²) in [6.45, 7) is 11.4. The summed E-state index contributed by atoms with van der Waals surface area (Å²) in [7, 11) is 0. The van der Waals surface area contributed by atoms with Crippen LogP contribution in [0.5, 0.6) is 0 Å². The third kappa shape index (κ3) is 5.35. The summed E-state index contributed by atoms with van der Waals surface area (Å²) in [6, 6.07) is 12.5. The Balaban J connectivity index is 1.59. The minimum atomic E-state index is 0.0742. The van der Waals surface area contributed by atoms with Crippen LogP contribution in [0, 0.1) is 13.8 Å². The first-order valence-electron chi connectivity index (χ1n) is 10.6. The van der Waals surface area contributed by atoms with Crippen molar-refractivity contribution in [1.82, 2.24) is 20.1 Å². The zero-order valence-corrected chi connectivity index (χ0v) is 18.7. The summed E-state index contributed by atoms with van der Waals surface area (Å²) in [6.07, 6.45) is 5.52. The lowest BCUT2D eigenvalue weighted by Crippen LogP contribution is -2.26. The van der Waals surface area contributed by atoms with Crippen LogP contribution in [0.25, 0.3) is 5.69 Å². The van der Waals surface area contributed by atoms with E-state index in [0.717, 1.165) is 29.1 Å². The maximum atomic E-state index is 12.3. The Hall–Kier alpha value is -2.95. The Bertz CT molecular complexity index is 982. The van der Waals surface area contributed by atoms with Crippen molar-refractivity contribution in [2.45, 2.75) is 59.3 Å². The maximum Gasteiger partial charge on any atom is 0.220 e. The van der Waals surface area contributed by atoms with E-state index in [1.54, 1.807) is 12.4 Å². The molecule has 5 nitrogen and oxygen atoms in total. The molecular weight excluding hydrogens is 372 g/mol. The predicted octanol–water partition coefficient (Wildman–Crippen LogP) is 4.47. The number of pyridine rings is 1. The molecule has 0 aliphatic rings. The first-order valence-corrected chi connectivity index (χ1v) is 10.6. The third-order valence-corrected chi connectivity index (χ3v) is 5.51. The molecule has 0 fully saturated rings. The summed E-state index contributed by atoms with van der Waals surface area (Å²) >= 11 is 0.